The molecule has 0 aliphatic rings. The van der Waals surface area contributed by atoms with Crippen molar-refractivity contribution in [1.29, 1.82) is 0 Å². The maximum Gasteiger partial charge on any atom is 0.320 e. The summed E-state index contributed by atoms with van der Waals surface area (Å²) in [6.45, 7) is 2.24. The zero-order chi connectivity index (χ0) is 8.36. The quantitative estimate of drug-likeness (QED) is 0.480. The molecular weight excluding hydrogens is 179 g/mol. The average Bonchev–Trinajstić information content (AvgIpc) is 1.60. The fraction of sp³-hybridized carbons (Fsp3) is 0.600. The number of hydrogen-bond donors (Lipinski definition) is 0. The predicted octanol–water partition coefficient (Wildman–Crippen LogP) is 1.27. The second kappa shape index (κ2) is 3.21. The minimum Gasteiger partial charge on any atom is -0.421 e. The maximum absolute atomic E-state index is 10.5. The van der Waals surface area contributed by atoms with Crippen molar-refractivity contribution >= 4 is 35.0 Å². The van der Waals surface area contributed by atoms with Crippen molar-refractivity contribution < 1.29 is 14.3 Å². The van der Waals surface area contributed by atoms with E-state index < -0.39 is 16.3 Å². The second-order valence-corrected chi connectivity index (χ2v) is 2.92. The first-order chi connectivity index (χ1) is 4.36. The average molecular weight is 185 g/mol. The third-order valence-corrected chi connectivity index (χ3v) is 1.37. The van der Waals surface area contributed by atoms with Crippen LogP contribution in [0.2, 0.25) is 0 Å². The van der Waals surface area contributed by atoms with Gasteiger partial charge in [0.25, 0.3) is 0 Å². The van der Waals surface area contributed by atoms with E-state index in [1.54, 1.807) is 0 Å². The van der Waals surface area contributed by atoms with E-state index in [1.807, 2.05) is 0 Å². The normalized spacial score (nSPS) is 10.8. The van der Waals surface area contributed by atoms with Crippen LogP contribution in [0, 0.1) is 0 Å². The zero-order valence-corrected chi connectivity index (χ0v) is 6.99. The first kappa shape index (κ1) is 9.72. The van der Waals surface area contributed by atoms with Crippen LogP contribution in [0.1, 0.15) is 13.8 Å². The molecule has 58 valence electrons. The molecule has 0 unspecified atom stereocenters. The van der Waals surface area contributed by atoms with Crippen LogP contribution in [0.4, 0.5) is 0 Å². The lowest BCUT2D eigenvalue weighted by Gasteiger charge is -2.14. The molecule has 0 aromatic rings. The minimum absolute atomic E-state index is 0.619. The second-order valence-electron chi connectivity index (χ2n) is 1.67. The molecule has 0 atom stereocenters. The highest BCUT2D eigenvalue weighted by Gasteiger charge is 2.33. The van der Waals surface area contributed by atoms with Gasteiger partial charge in [-0.1, -0.05) is 0 Å². The summed E-state index contributed by atoms with van der Waals surface area (Å²) < 4.78 is 2.22. The standard InChI is InChI=1S/C5H6Cl2O3/c1-3(8)5(6,7)10-4(2)9/h1-2H3. The summed E-state index contributed by atoms with van der Waals surface area (Å²) in [4.78, 5) is 20.7. The van der Waals surface area contributed by atoms with E-state index in [-0.39, 0.29) is 0 Å². The lowest BCUT2D eigenvalue weighted by atomic mass is 10.5. The molecule has 10 heavy (non-hydrogen) atoms. The molecule has 0 rings (SSSR count). The predicted molar refractivity (Wildman–Crippen MR) is 36.9 cm³/mol. The van der Waals surface area contributed by atoms with E-state index in [2.05, 4.69) is 4.74 Å². The summed E-state index contributed by atoms with van der Waals surface area (Å²) in [5.41, 5.74) is 0. The van der Waals surface area contributed by atoms with E-state index in [1.165, 1.54) is 0 Å². The van der Waals surface area contributed by atoms with Crippen LogP contribution in [-0.2, 0) is 14.3 Å². The summed E-state index contributed by atoms with van der Waals surface area (Å²) in [5.74, 6) is -1.31. The van der Waals surface area contributed by atoms with Gasteiger partial charge in [0.1, 0.15) is 0 Å². The summed E-state index contributed by atoms with van der Waals surface area (Å²) in [6.07, 6.45) is 0. The first-order valence-electron chi connectivity index (χ1n) is 2.44. The number of esters is 1. The fourth-order valence-electron chi connectivity index (χ4n) is 0.252. The molecule has 0 saturated carbocycles. The van der Waals surface area contributed by atoms with Gasteiger partial charge in [-0.15, -0.1) is 0 Å². The molecule has 0 aromatic carbocycles. The molecule has 0 aliphatic heterocycles. The van der Waals surface area contributed by atoms with E-state index in [0.717, 1.165) is 13.8 Å². The highest BCUT2D eigenvalue weighted by atomic mass is 35.5. The minimum atomic E-state index is -2.02. The molecule has 0 heterocycles. The third-order valence-electron chi connectivity index (χ3n) is 0.682. The van der Waals surface area contributed by atoms with Crippen LogP contribution in [0.25, 0.3) is 0 Å². The number of rotatable bonds is 2. The van der Waals surface area contributed by atoms with Crippen molar-refractivity contribution in [2.75, 3.05) is 0 Å². The number of halogens is 2. The molecule has 3 nitrogen and oxygen atoms in total. The Hall–Kier alpha value is -0.280. The smallest absolute Gasteiger partial charge is 0.320 e. The van der Waals surface area contributed by atoms with E-state index in [0.29, 0.717) is 0 Å². The lowest BCUT2D eigenvalue weighted by molar-refractivity contribution is -0.150. The number of ketones is 1. The van der Waals surface area contributed by atoms with Crippen molar-refractivity contribution in [2.45, 2.75) is 18.4 Å². The van der Waals surface area contributed by atoms with Gasteiger partial charge in [0, 0.05) is 13.8 Å². The monoisotopic (exact) mass is 184 g/mol. The summed E-state index contributed by atoms with van der Waals surface area (Å²) in [5, 5.41) is 0. The Balaban J connectivity index is 4.13. The Bertz CT molecular complexity index is 164. The Morgan fingerprint density at radius 3 is 1.80 bits per heavy atom. The third kappa shape index (κ3) is 3.03. The molecule has 0 spiro atoms. The maximum atomic E-state index is 10.5. The molecule has 0 saturated heterocycles. The molecule has 0 aromatic heterocycles. The highest BCUT2D eigenvalue weighted by molar-refractivity contribution is 6.57. The van der Waals surface area contributed by atoms with Crippen molar-refractivity contribution in [3.8, 4) is 0 Å². The number of hydrogen-bond acceptors (Lipinski definition) is 3. The van der Waals surface area contributed by atoms with Gasteiger partial charge < -0.3 is 4.74 Å². The molecular formula is C5H6Cl2O3. The van der Waals surface area contributed by atoms with E-state index >= 15 is 0 Å². The molecule has 0 bridgehead atoms. The molecule has 0 radical (unpaired) electrons. The summed E-state index contributed by atoms with van der Waals surface area (Å²) in [6, 6.07) is 0. The SMILES string of the molecule is CC(=O)OC(Cl)(Cl)C(C)=O. The summed E-state index contributed by atoms with van der Waals surface area (Å²) >= 11 is 10.5. The van der Waals surface area contributed by atoms with Gasteiger partial charge in [-0.3, -0.25) is 9.59 Å². The molecule has 0 amide bonds. The number of ether oxygens (including phenoxy) is 1. The zero-order valence-electron chi connectivity index (χ0n) is 5.48. The molecule has 5 heteroatoms. The Labute approximate surface area is 68.2 Å². The fourth-order valence-corrected chi connectivity index (χ4v) is 0.470. The van der Waals surface area contributed by atoms with Gasteiger partial charge in [0.2, 0.25) is 5.78 Å². The van der Waals surface area contributed by atoms with Crippen molar-refractivity contribution in [3.05, 3.63) is 0 Å². The topological polar surface area (TPSA) is 43.4 Å². The number of Topliss-reactive ketones (excluding diaryl/α,β-unsaturated/α-hetero) is 1. The van der Waals surface area contributed by atoms with Crippen LogP contribution in [0.3, 0.4) is 0 Å². The molecule has 0 fully saturated rings. The molecule has 0 N–H and O–H groups in total. The van der Waals surface area contributed by atoms with Gasteiger partial charge in [0.05, 0.1) is 0 Å². The molecule has 0 aliphatic carbocycles. The number of carbonyl (C=O) groups excluding carboxylic acids is 2. The van der Waals surface area contributed by atoms with Crippen LogP contribution >= 0.6 is 23.2 Å². The summed E-state index contributed by atoms with van der Waals surface area (Å²) in [7, 11) is 0. The first-order valence-corrected chi connectivity index (χ1v) is 3.20. The number of alkyl halides is 2. The highest BCUT2D eigenvalue weighted by Crippen LogP contribution is 2.23. The van der Waals surface area contributed by atoms with E-state index in [4.69, 9.17) is 23.2 Å². The van der Waals surface area contributed by atoms with Crippen molar-refractivity contribution in [1.82, 2.24) is 0 Å². The van der Waals surface area contributed by atoms with Gasteiger partial charge in [0.15, 0.2) is 0 Å². The van der Waals surface area contributed by atoms with Gasteiger partial charge in [-0.2, -0.15) is 0 Å². The van der Waals surface area contributed by atoms with Crippen molar-refractivity contribution in [2.24, 2.45) is 0 Å². The largest absolute Gasteiger partial charge is 0.421 e. The lowest BCUT2D eigenvalue weighted by Crippen LogP contribution is -2.28. The van der Waals surface area contributed by atoms with Gasteiger partial charge in [-0.25, -0.2) is 0 Å². The van der Waals surface area contributed by atoms with E-state index in [9.17, 15) is 9.59 Å². The Morgan fingerprint density at radius 2 is 1.70 bits per heavy atom. The van der Waals surface area contributed by atoms with Crippen LogP contribution in [0.15, 0.2) is 0 Å². The Kier molecular flexibility index (Phi) is 3.12. The van der Waals surface area contributed by atoms with Crippen LogP contribution in [0.5, 0.6) is 0 Å². The van der Waals surface area contributed by atoms with Gasteiger partial charge in [-0.05, 0) is 23.2 Å². The van der Waals surface area contributed by atoms with Crippen LogP contribution < -0.4 is 0 Å². The Morgan fingerprint density at radius 1 is 1.30 bits per heavy atom. The van der Waals surface area contributed by atoms with Crippen LogP contribution in [-0.4, -0.2) is 16.3 Å². The van der Waals surface area contributed by atoms with Gasteiger partial charge >= 0.3 is 10.5 Å². The number of carbonyl (C=O) groups is 2. The van der Waals surface area contributed by atoms with Crippen molar-refractivity contribution in [3.63, 3.8) is 0 Å².